The number of rotatable bonds is 2. The first-order valence-corrected chi connectivity index (χ1v) is 8.31. The molecule has 0 spiro atoms. The summed E-state index contributed by atoms with van der Waals surface area (Å²) in [5.74, 6) is 0.0972. The first-order chi connectivity index (χ1) is 11.7. The molecule has 120 valence electrons. The van der Waals surface area contributed by atoms with Crippen LogP contribution in [-0.4, -0.2) is 21.9 Å². The van der Waals surface area contributed by atoms with Crippen molar-refractivity contribution in [2.45, 2.75) is 19.5 Å². The topological polar surface area (TPSA) is 25.2 Å². The molecule has 3 aromatic rings. The second-order valence-electron chi connectivity index (χ2n) is 6.31. The van der Waals surface area contributed by atoms with E-state index in [4.69, 9.17) is 0 Å². The summed E-state index contributed by atoms with van der Waals surface area (Å²) in [4.78, 5) is 15.2. The van der Waals surface area contributed by atoms with E-state index in [1.54, 1.807) is 0 Å². The molecule has 3 nitrogen and oxygen atoms in total. The van der Waals surface area contributed by atoms with Crippen molar-refractivity contribution in [1.29, 1.82) is 0 Å². The molecule has 1 unspecified atom stereocenters. The zero-order valence-corrected chi connectivity index (χ0v) is 13.7. The van der Waals surface area contributed by atoms with Crippen LogP contribution in [0.1, 0.15) is 33.2 Å². The Labute approximate surface area is 142 Å². The molecule has 1 aromatic heterocycles. The van der Waals surface area contributed by atoms with Crippen molar-refractivity contribution in [2.75, 3.05) is 6.54 Å². The molecule has 0 saturated carbocycles. The van der Waals surface area contributed by atoms with Gasteiger partial charge in [-0.25, -0.2) is 0 Å². The molecule has 1 aliphatic rings. The monoisotopic (exact) mass is 316 g/mol. The van der Waals surface area contributed by atoms with E-state index in [1.807, 2.05) is 54.3 Å². The second kappa shape index (κ2) is 6.00. The van der Waals surface area contributed by atoms with E-state index in [-0.39, 0.29) is 11.9 Å². The van der Waals surface area contributed by atoms with Crippen LogP contribution in [0.3, 0.4) is 0 Å². The van der Waals surface area contributed by atoms with Crippen molar-refractivity contribution in [3.05, 3.63) is 95.3 Å². The molecule has 0 aliphatic carbocycles. The van der Waals surface area contributed by atoms with Crippen LogP contribution in [0.15, 0.2) is 72.9 Å². The Morgan fingerprint density at radius 3 is 2.58 bits per heavy atom. The van der Waals surface area contributed by atoms with Crippen LogP contribution in [0.2, 0.25) is 0 Å². The molecular weight excluding hydrogens is 296 g/mol. The van der Waals surface area contributed by atoms with Crippen molar-refractivity contribution in [3.63, 3.8) is 0 Å². The van der Waals surface area contributed by atoms with Gasteiger partial charge < -0.3 is 9.47 Å². The maximum Gasteiger partial charge on any atom is 0.254 e. The molecule has 4 rings (SSSR count). The SMILES string of the molecule is Cc1cccc(C(=O)N2CCn3cccc3C2c2ccccc2)c1. The minimum Gasteiger partial charge on any atom is -0.348 e. The van der Waals surface area contributed by atoms with Gasteiger partial charge in [-0.15, -0.1) is 0 Å². The molecule has 24 heavy (non-hydrogen) atoms. The van der Waals surface area contributed by atoms with Gasteiger partial charge in [-0.1, -0.05) is 48.0 Å². The molecular formula is C21H20N2O. The minimum atomic E-state index is -0.0389. The lowest BCUT2D eigenvalue weighted by atomic mass is 9.98. The van der Waals surface area contributed by atoms with Crippen molar-refractivity contribution in [2.24, 2.45) is 0 Å². The Morgan fingerprint density at radius 1 is 0.958 bits per heavy atom. The molecule has 1 aliphatic heterocycles. The third-order valence-electron chi connectivity index (χ3n) is 4.68. The van der Waals surface area contributed by atoms with Gasteiger partial charge >= 0.3 is 0 Å². The van der Waals surface area contributed by atoms with Gasteiger partial charge in [0.1, 0.15) is 0 Å². The number of nitrogens with zero attached hydrogens (tertiary/aromatic N) is 2. The van der Waals surface area contributed by atoms with Gasteiger partial charge in [0.05, 0.1) is 6.04 Å². The maximum atomic E-state index is 13.2. The van der Waals surface area contributed by atoms with E-state index in [1.165, 1.54) is 5.69 Å². The Balaban J connectivity index is 1.78. The fourth-order valence-electron chi connectivity index (χ4n) is 3.53. The van der Waals surface area contributed by atoms with E-state index < -0.39 is 0 Å². The van der Waals surface area contributed by atoms with Crippen LogP contribution in [0.4, 0.5) is 0 Å². The summed E-state index contributed by atoms with van der Waals surface area (Å²) in [7, 11) is 0. The predicted molar refractivity (Wildman–Crippen MR) is 94.9 cm³/mol. The van der Waals surface area contributed by atoms with Gasteiger partial charge in [0, 0.05) is 30.5 Å². The molecule has 1 atom stereocenters. The van der Waals surface area contributed by atoms with E-state index in [0.29, 0.717) is 6.54 Å². The van der Waals surface area contributed by atoms with Crippen molar-refractivity contribution >= 4 is 5.91 Å². The molecule has 2 aromatic carbocycles. The standard InChI is InChI=1S/C21H20N2O/c1-16-7-5-10-18(15-16)21(24)23-14-13-22-12-6-11-19(22)20(23)17-8-3-2-4-9-17/h2-12,15,20H,13-14H2,1H3. The molecule has 0 fully saturated rings. The van der Waals surface area contributed by atoms with Gasteiger partial charge in [-0.2, -0.15) is 0 Å². The van der Waals surface area contributed by atoms with Crippen LogP contribution < -0.4 is 0 Å². The number of benzene rings is 2. The Bertz CT molecular complexity index is 866. The van der Waals surface area contributed by atoms with Gasteiger partial charge in [-0.3, -0.25) is 4.79 Å². The zero-order chi connectivity index (χ0) is 16.5. The number of carbonyl (C=O) groups is 1. The summed E-state index contributed by atoms with van der Waals surface area (Å²) in [5.41, 5.74) is 4.19. The number of hydrogen-bond acceptors (Lipinski definition) is 1. The van der Waals surface area contributed by atoms with Gasteiger partial charge in [-0.05, 0) is 36.8 Å². The Kier molecular flexibility index (Phi) is 3.69. The maximum absolute atomic E-state index is 13.2. The molecule has 0 bridgehead atoms. The highest BCUT2D eigenvalue weighted by Gasteiger charge is 2.32. The molecule has 1 amide bonds. The lowest BCUT2D eigenvalue weighted by Gasteiger charge is -2.37. The van der Waals surface area contributed by atoms with Gasteiger partial charge in [0.15, 0.2) is 0 Å². The number of carbonyl (C=O) groups excluding carboxylic acids is 1. The Hall–Kier alpha value is -2.81. The fourth-order valence-corrected chi connectivity index (χ4v) is 3.53. The molecule has 0 N–H and O–H groups in total. The van der Waals surface area contributed by atoms with E-state index in [2.05, 4.69) is 35.0 Å². The largest absolute Gasteiger partial charge is 0.348 e. The second-order valence-corrected chi connectivity index (χ2v) is 6.31. The molecule has 0 saturated heterocycles. The number of aryl methyl sites for hydroxylation is 1. The third-order valence-corrected chi connectivity index (χ3v) is 4.68. The summed E-state index contributed by atoms with van der Waals surface area (Å²) in [5, 5.41) is 0. The van der Waals surface area contributed by atoms with Crippen molar-refractivity contribution in [1.82, 2.24) is 9.47 Å². The van der Waals surface area contributed by atoms with Crippen LogP contribution in [0.25, 0.3) is 0 Å². The van der Waals surface area contributed by atoms with E-state index in [9.17, 15) is 4.79 Å². The fraction of sp³-hybridized carbons (Fsp3) is 0.190. The lowest BCUT2D eigenvalue weighted by Crippen LogP contribution is -2.42. The highest BCUT2D eigenvalue weighted by Crippen LogP contribution is 2.33. The smallest absolute Gasteiger partial charge is 0.254 e. The third kappa shape index (κ3) is 2.52. The van der Waals surface area contributed by atoms with Crippen LogP contribution in [0, 0.1) is 6.92 Å². The molecule has 3 heteroatoms. The highest BCUT2D eigenvalue weighted by atomic mass is 16.2. The normalized spacial score (nSPS) is 16.7. The number of aromatic nitrogens is 1. The minimum absolute atomic E-state index is 0.0389. The number of hydrogen-bond donors (Lipinski definition) is 0. The summed E-state index contributed by atoms with van der Waals surface area (Å²) in [6.45, 7) is 3.57. The quantitative estimate of drug-likeness (QED) is 0.700. The van der Waals surface area contributed by atoms with Gasteiger partial charge in [0.25, 0.3) is 5.91 Å². The molecule has 2 heterocycles. The van der Waals surface area contributed by atoms with Gasteiger partial charge in [0.2, 0.25) is 0 Å². The number of amides is 1. The highest BCUT2D eigenvalue weighted by molar-refractivity contribution is 5.95. The average Bonchev–Trinajstić information content (AvgIpc) is 3.09. The summed E-state index contributed by atoms with van der Waals surface area (Å²) >= 11 is 0. The summed E-state index contributed by atoms with van der Waals surface area (Å²) in [6.07, 6.45) is 2.10. The number of fused-ring (bicyclic) bond motifs is 1. The van der Waals surface area contributed by atoms with Crippen molar-refractivity contribution in [3.8, 4) is 0 Å². The van der Waals surface area contributed by atoms with E-state index in [0.717, 1.165) is 23.2 Å². The van der Waals surface area contributed by atoms with Crippen LogP contribution in [0.5, 0.6) is 0 Å². The Morgan fingerprint density at radius 2 is 1.79 bits per heavy atom. The first kappa shape index (κ1) is 14.8. The predicted octanol–water partition coefficient (Wildman–Crippen LogP) is 4.04. The lowest BCUT2D eigenvalue weighted by molar-refractivity contribution is 0.0664. The van der Waals surface area contributed by atoms with Crippen LogP contribution in [-0.2, 0) is 6.54 Å². The summed E-state index contributed by atoms with van der Waals surface area (Å²) in [6, 6.07) is 22.3. The average molecular weight is 316 g/mol. The van der Waals surface area contributed by atoms with Crippen LogP contribution >= 0.6 is 0 Å². The van der Waals surface area contributed by atoms with Crippen molar-refractivity contribution < 1.29 is 4.79 Å². The summed E-state index contributed by atoms with van der Waals surface area (Å²) < 4.78 is 2.25. The molecule has 0 radical (unpaired) electrons. The first-order valence-electron chi connectivity index (χ1n) is 8.31. The van der Waals surface area contributed by atoms with E-state index >= 15 is 0 Å². The zero-order valence-electron chi connectivity index (χ0n) is 13.7.